The molecule has 0 bridgehead atoms. The molecule has 0 spiro atoms. The predicted molar refractivity (Wildman–Crippen MR) is 76.7 cm³/mol. The number of fused-ring (bicyclic) bond motifs is 1. The van der Waals surface area contributed by atoms with Crippen LogP contribution >= 0.6 is 11.8 Å². The molecule has 0 aromatic heterocycles. The quantitative estimate of drug-likeness (QED) is 0.920. The second-order valence-electron chi connectivity index (χ2n) is 4.91. The summed E-state index contributed by atoms with van der Waals surface area (Å²) >= 11 is 1.63. The number of ether oxygens (including phenoxy) is 1. The number of hydrogen-bond donors (Lipinski definition) is 1. The van der Waals surface area contributed by atoms with Crippen molar-refractivity contribution in [1.82, 2.24) is 10.2 Å². The number of thioether (sulfide) groups is 1. The van der Waals surface area contributed by atoms with Gasteiger partial charge in [0.15, 0.2) is 0 Å². The largest absolute Gasteiger partial charge is 0.497 e. The van der Waals surface area contributed by atoms with E-state index in [0.29, 0.717) is 6.54 Å². The average Bonchev–Trinajstić information content (AvgIpc) is 2.92. The van der Waals surface area contributed by atoms with E-state index in [1.54, 1.807) is 18.9 Å². The Morgan fingerprint density at radius 2 is 2.10 bits per heavy atom. The molecule has 6 heteroatoms. The van der Waals surface area contributed by atoms with Gasteiger partial charge in [-0.3, -0.25) is 9.69 Å². The minimum Gasteiger partial charge on any atom is -0.497 e. The normalized spacial score (nSPS) is 25.4. The fourth-order valence-electron chi connectivity index (χ4n) is 2.53. The van der Waals surface area contributed by atoms with Crippen LogP contribution in [0.2, 0.25) is 0 Å². The summed E-state index contributed by atoms with van der Waals surface area (Å²) in [7, 11) is 1.61. The molecule has 2 saturated heterocycles. The highest BCUT2D eigenvalue weighted by molar-refractivity contribution is 8.00. The maximum absolute atomic E-state index is 12.4. The number of imide groups is 1. The summed E-state index contributed by atoms with van der Waals surface area (Å²) in [6.07, 6.45) is 0.878. The SMILES string of the molecule is COc1ccc(CN2C(=O)NC3CCSC3C2=O)cc1. The van der Waals surface area contributed by atoms with Gasteiger partial charge in [-0.1, -0.05) is 12.1 Å². The molecular weight excluding hydrogens is 276 g/mol. The van der Waals surface area contributed by atoms with Gasteiger partial charge in [-0.25, -0.2) is 4.79 Å². The molecule has 2 unspecified atom stereocenters. The fourth-order valence-corrected chi connectivity index (χ4v) is 3.88. The molecule has 1 N–H and O–H groups in total. The number of methoxy groups -OCH3 is 1. The van der Waals surface area contributed by atoms with Gasteiger partial charge in [0, 0.05) is 0 Å². The molecule has 20 heavy (non-hydrogen) atoms. The van der Waals surface area contributed by atoms with Gasteiger partial charge in [0.1, 0.15) is 11.0 Å². The molecule has 0 aliphatic carbocycles. The molecule has 2 fully saturated rings. The average molecular weight is 292 g/mol. The maximum Gasteiger partial charge on any atom is 0.324 e. The van der Waals surface area contributed by atoms with Crippen LogP contribution in [-0.2, 0) is 11.3 Å². The molecular formula is C14H16N2O3S. The van der Waals surface area contributed by atoms with E-state index in [-0.39, 0.29) is 23.2 Å². The summed E-state index contributed by atoms with van der Waals surface area (Å²) in [5.74, 6) is 1.62. The minimum atomic E-state index is -0.283. The molecule has 3 amide bonds. The Bertz CT molecular complexity index is 532. The predicted octanol–water partition coefficient (Wildman–Crippen LogP) is 1.62. The lowest BCUT2D eigenvalue weighted by molar-refractivity contribution is -0.129. The van der Waals surface area contributed by atoms with E-state index in [0.717, 1.165) is 23.5 Å². The Hall–Kier alpha value is -1.69. The third-order valence-corrected chi connectivity index (χ3v) is 5.02. The van der Waals surface area contributed by atoms with Gasteiger partial charge < -0.3 is 10.1 Å². The third kappa shape index (κ3) is 2.35. The molecule has 2 aliphatic rings. The lowest BCUT2D eigenvalue weighted by Gasteiger charge is -2.33. The van der Waals surface area contributed by atoms with Crippen LogP contribution in [0.3, 0.4) is 0 Å². The number of amides is 3. The number of carbonyl (C=O) groups excluding carboxylic acids is 2. The van der Waals surface area contributed by atoms with Crippen molar-refractivity contribution >= 4 is 23.7 Å². The summed E-state index contributed by atoms with van der Waals surface area (Å²) in [5.41, 5.74) is 0.913. The van der Waals surface area contributed by atoms with E-state index in [2.05, 4.69) is 5.32 Å². The van der Waals surface area contributed by atoms with Crippen LogP contribution < -0.4 is 10.1 Å². The van der Waals surface area contributed by atoms with Crippen molar-refractivity contribution in [1.29, 1.82) is 0 Å². The summed E-state index contributed by atoms with van der Waals surface area (Å²) < 4.78 is 5.10. The molecule has 2 atom stereocenters. The lowest BCUT2D eigenvalue weighted by atomic mass is 10.1. The number of hydrogen-bond acceptors (Lipinski definition) is 4. The van der Waals surface area contributed by atoms with Gasteiger partial charge in [0.25, 0.3) is 0 Å². The van der Waals surface area contributed by atoms with Crippen molar-refractivity contribution in [2.45, 2.75) is 24.3 Å². The first-order chi connectivity index (χ1) is 9.69. The molecule has 0 saturated carbocycles. The number of nitrogens with one attached hydrogen (secondary N) is 1. The van der Waals surface area contributed by atoms with Gasteiger partial charge in [-0.05, 0) is 29.9 Å². The van der Waals surface area contributed by atoms with Crippen molar-refractivity contribution in [3.63, 3.8) is 0 Å². The molecule has 3 rings (SSSR count). The molecule has 5 nitrogen and oxygen atoms in total. The van der Waals surface area contributed by atoms with Crippen LogP contribution in [0, 0.1) is 0 Å². The Morgan fingerprint density at radius 3 is 2.80 bits per heavy atom. The van der Waals surface area contributed by atoms with Crippen LogP contribution in [-0.4, -0.2) is 41.0 Å². The first kappa shape index (κ1) is 13.3. The molecule has 0 radical (unpaired) electrons. The second-order valence-corrected chi connectivity index (χ2v) is 6.16. The van der Waals surface area contributed by atoms with Crippen LogP contribution in [0.5, 0.6) is 5.75 Å². The number of benzene rings is 1. The van der Waals surface area contributed by atoms with Gasteiger partial charge in [0.05, 0.1) is 19.7 Å². The number of rotatable bonds is 3. The Morgan fingerprint density at radius 1 is 1.35 bits per heavy atom. The zero-order valence-corrected chi connectivity index (χ0v) is 12.0. The molecule has 1 aromatic rings. The van der Waals surface area contributed by atoms with E-state index in [4.69, 9.17) is 4.74 Å². The third-order valence-electron chi connectivity index (χ3n) is 3.65. The highest BCUT2D eigenvalue weighted by Gasteiger charge is 2.43. The highest BCUT2D eigenvalue weighted by Crippen LogP contribution is 2.31. The van der Waals surface area contributed by atoms with Gasteiger partial charge in [-0.2, -0.15) is 0 Å². The number of carbonyl (C=O) groups is 2. The second kappa shape index (κ2) is 5.36. The van der Waals surface area contributed by atoms with E-state index in [9.17, 15) is 9.59 Å². The van der Waals surface area contributed by atoms with Crippen molar-refractivity contribution in [3.05, 3.63) is 29.8 Å². The molecule has 2 heterocycles. The summed E-state index contributed by atoms with van der Waals surface area (Å²) in [4.78, 5) is 25.7. The van der Waals surface area contributed by atoms with Crippen LogP contribution in [0.15, 0.2) is 24.3 Å². The smallest absolute Gasteiger partial charge is 0.324 e. The van der Waals surface area contributed by atoms with Crippen molar-refractivity contribution < 1.29 is 14.3 Å². The number of urea groups is 1. The molecule has 2 aliphatic heterocycles. The number of nitrogens with zero attached hydrogens (tertiary/aromatic N) is 1. The van der Waals surface area contributed by atoms with E-state index in [1.807, 2.05) is 24.3 Å². The highest BCUT2D eigenvalue weighted by atomic mass is 32.2. The van der Waals surface area contributed by atoms with Crippen LogP contribution in [0.25, 0.3) is 0 Å². The van der Waals surface area contributed by atoms with Crippen molar-refractivity contribution in [2.24, 2.45) is 0 Å². The first-order valence-electron chi connectivity index (χ1n) is 6.55. The maximum atomic E-state index is 12.4. The molecule has 106 valence electrons. The standard InChI is InChI=1S/C14H16N2O3S/c1-19-10-4-2-9(3-5-10)8-16-13(17)12-11(6-7-20-12)15-14(16)18/h2-5,11-12H,6-8H2,1H3,(H,15,18). The zero-order chi connectivity index (χ0) is 14.1. The van der Waals surface area contributed by atoms with E-state index in [1.165, 1.54) is 4.90 Å². The Labute approximate surface area is 121 Å². The topological polar surface area (TPSA) is 58.6 Å². The first-order valence-corrected chi connectivity index (χ1v) is 7.60. The van der Waals surface area contributed by atoms with Crippen LogP contribution in [0.4, 0.5) is 4.79 Å². The van der Waals surface area contributed by atoms with Crippen molar-refractivity contribution in [3.8, 4) is 5.75 Å². The lowest BCUT2D eigenvalue weighted by Crippen LogP contribution is -2.59. The zero-order valence-electron chi connectivity index (χ0n) is 11.2. The van der Waals surface area contributed by atoms with Gasteiger partial charge in [-0.15, -0.1) is 11.8 Å². The Balaban J connectivity index is 1.75. The van der Waals surface area contributed by atoms with Gasteiger partial charge in [0.2, 0.25) is 5.91 Å². The minimum absolute atomic E-state index is 0.00659. The monoisotopic (exact) mass is 292 g/mol. The molecule has 1 aromatic carbocycles. The summed E-state index contributed by atoms with van der Waals surface area (Å²) in [5, 5.41) is 2.80. The Kier molecular flexibility index (Phi) is 3.56. The van der Waals surface area contributed by atoms with Crippen LogP contribution in [0.1, 0.15) is 12.0 Å². The summed E-state index contributed by atoms with van der Waals surface area (Å²) in [6, 6.07) is 7.12. The van der Waals surface area contributed by atoms with Gasteiger partial charge >= 0.3 is 6.03 Å². The van der Waals surface area contributed by atoms with E-state index < -0.39 is 0 Å². The summed E-state index contributed by atoms with van der Waals surface area (Å²) in [6.45, 7) is 0.304. The van der Waals surface area contributed by atoms with Crippen molar-refractivity contribution in [2.75, 3.05) is 12.9 Å². The fraction of sp³-hybridized carbons (Fsp3) is 0.429. The van der Waals surface area contributed by atoms with E-state index >= 15 is 0 Å².